The van der Waals surface area contributed by atoms with Gasteiger partial charge < -0.3 is 44.0 Å². The maximum atomic E-state index is 10.3. The van der Waals surface area contributed by atoms with Gasteiger partial charge in [0.25, 0.3) is 0 Å². The van der Waals surface area contributed by atoms with Gasteiger partial charge in [0, 0.05) is 0 Å². The molecule has 0 rings (SSSR count). The SMILES string of the molecule is O=C([O-])[O-].O=P([O-])([O-])OP(=O)(O)OP(=O)(O)O.[Ca+2].[Mg+2]. The van der Waals surface area contributed by atoms with Crippen LogP contribution in [0.2, 0.25) is 0 Å². The molecule has 18 heteroatoms. The molecule has 0 saturated carbocycles. The van der Waals surface area contributed by atoms with Gasteiger partial charge in [0.15, 0.2) is 0 Å². The van der Waals surface area contributed by atoms with E-state index in [-0.39, 0.29) is 60.8 Å². The third kappa shape index (κ3) is 32.9. The van der Waals surface area contributed by atoms with E-state index in [4.69, 9.17) is 29.7 Å². The van der Waals surface area contributed by atoms with Gasteiger partial charge in [-0.2, -0.15) is 4.31 Å². The summed E-state index contributed by atoms with van der Waals surface area (Å²) < 4.78 is 35.7. The number of hydrogen-bond donors (Lipinski definition) is 3. The van der Waals surface area contributed by atoms with Crippen molar-refractivity contribution in [2.24, 2.45) is 0 Å². The maximum Gasteiger partial charge on any atom is 2.00 e. The monoisotopic (exact) mass is 380 g/mol. The first kappa shape index (κ1) is 28.8. The van der Waals surface area contributed by atoms with Gasteiger partial charge >= 0.3 is 76.4 Å². The standard InChI is InChI=1S/CH2O3.Ca.Mg.H5O10P3/c2-1(3)4;;;1-11(2,3)9-13(7,8)10-12(4,5)6/h(H2,2,3,4);;;(H,7,8)(H2,1,2,3)(H2,4,5,6)/q;2*+2;/p-4. The number of rotatable bonds is 4. The second-order valence-electron chi connectivity index (χ2n) is 1.82. The van der Waals surface area contributed by atoms with Gasteiger partial charge in [0.2, 0.25) is 0 Å². The smallest absolute Gasteiger partial charge is 0.789 e. The molecule has 19 heavy (non-hydrogen) atoms. The van der Waals surface area contributed by atoms with Crippen molar-refractivity contribution in [3.8, 4) is 0 Å². The first-order valence-electron chi connectivity index (χ1n) is 2.86. The Hall–Kier alpha value is 1.71. The summed E-state index contributed by atoms with van der Waals surface area (Å²) in [4.78, 5) is 51.9. The number of phosphoric acid groups is 3. The normalized spacial score (nSPS) is 13.7. The molecule has 0 radical (unpaired) electrons. The van der Waals surface area contributed by atoms with Crippen molar-refractivity contribution in [1.29, 1.82) is 0 Å². The Morgan fingerprint density at radius 2 is 1.21 bits per heavy atom. The molecule has 0 aliphatic heterocycles. The Kier molecular flexibility index (Phi) is 17.1. The molecule has 3 N–H and O–H groups in total. The maximum absolute atomic E-state index is 10.3. The van der Waals surface area contributed by atoms with Crippen LogP contribution in [-0.4, -0.2) is 81.6 Å². The predicted octanol–water partition coefficient (Wildman–Crippen LogP) is -5.17. The van der Waals surface area contributed by atoms with Crippen molar-refractivity contribution in [3.63, 3.8) is 0 Å². The fourth-order valence-corrected chi connectivity index (χ4v) is 2.75. The van der Waals surface area contributed by atoms with Gasteiger partial charge in [-0.1, -0.05) is 0 Å². The minimum Gasteiger partial charge on any atom is -0.789 e. The molecule has 0 aromatic carbocycles. The summed E-state index contributed by atoms with van der Waals surface area (Å²) in [5.74, 6) is 0. The summed E-state index contributed by atoms with van der Waals surface area (Å²) >= 11 is 0. The van der Waals surface area contributed by atoms with Crippen LogP contribution in [0, 0.1) is 0 Å². The summed E-state index contributed by atoms with van der Waals surface area (Å²) in [6.07, 6.45) is -2.33. The average Bonchev–Trinajstić information content (AvgIpc) is 1.68. The van der Waals surface area contributed by atoms with E-state index in [0.717, 1.165) is 0 Å². The van der Waals surface area contributed by atoms with Gasteiger partial charge in [-0.25, -0.2) is 9.13 Å². The molecule has 0 aliphatic carbocycles. The van der Waals surface area contributed by atoms with E-state index in [1.807, 2.05) is 0 Å². The molecule has 1 atom stereocenters. The number of hydrogen-bond acceptors (Lipinski definition) is 10. The van der Waals surface area contributed by atoms with E-state index >= 15 is 0 Å². The molecular formula is CH3CaMgO13P3. The van der Waals surface area contributed by atoms with Crippen molar-refractivity contribution in [3.05, 3.63) is 0 Å². The number of carboxylic acid groups (broad SMARTS) is 2. The van der Waals surface area contributed by atoms with Crippen LogP contribution in [0.25, 0.3) is 0 Å². The van der Waals surface area contributed by atoms with Crippen molar-refractivity contribution in [2.45, 2.75) is 0 Å². The topological polar surface area (TPSA) is 240 Å². The van der Waals surface area contributed by atoms with Crippen LogP contribution in [0.3, 0.4) is 0 Å². The Bertz CT molecular complexity index is 361. The minimum absolute atomic E-state index is 0. The van der Waals surface area contributed by atoms with Crippen LogP contribution in [0.1, 0.15) is 0 Å². The molecule has 0 aliphatic rings. The molecule has 1 unspecified atom stereocenters. The third-order valence-electron chi connectivity index (χ3n) is 0.413. The van der Waals surface area contributed by atoms with E-state index < -0.39 is 29.6 Å². The van der Waals surface area contributed by atoms with E-state index in [1.165, 1.54) is 0 Å². The first-order valence-corrected chi connectivity index (χ1v) is 7.34. The van der Waals surface area contributed by atoms with Crippen LogP contribution < -0.4 is 20.0 Å². The third-order valence-corrected chi connectivity index (χ3v) is 3.71. The van der Waals surface area contributed by atoms with Crippen LogP contribution in [-0.2, 0) is 22.3 Å². The fourth-order valence-electron chi connectivity index (χ4n) is 0.276. The zero-order chi connectivity index (χ0) is 14.5. The van der Waals surface area contributed by atoms with Crippen molar-refractivity contribution in [2.75, 3.05) is 0 Å². The molecule has 0 amide bonds. The number of carbonyl (C=O) groups is 1. The van der Waals surface area contributed by atoms with Gasteiger partial charge in [0.1, 0.15) is 0 Å². The Labute approximate surface area is 151 Å². The molecule has 0 spiro atoms. The van der Waals surface area contributed by atoms with Crippen LogP contribution in [0.5, 0.6) is 0 Å². The van der Waals surface area contributed by atoms with Gasteiger partial charge in [0.05, 0.1) is 7.82 Å². The average molecular weight is 380 g/mol. The van der Waals surface area contributed by atoms with Gasteiger partial charge in [-0.15, -0.1) is 0 Å². The molecule has 13 nitrogen and oxygen atoms in total. The minimum atomic E-state index is -5.85. The van der Waals surface area contributed by atoms with Crippen LogP contribution >= 0.6 is 23.5 Å². The molecule has 104 valence electrons. The van der Waals surface area contributed by atoms with E-state index in [1.54, 1.807) is 0 Å². The molecule has 0 fully saturated rings. The van der Waals surface area contributed by atoms with Crippen molar-refractivity contribution < 1.29 is 61.8 Å². The summed E-state index contributed by atoms with van der Waals surface area (Å²) in [6.45, 7) is 0. The predicted molar refractivity (Wildman–Crippen MR) is 48.5 cm³/mol. The summed E-state index contributed by atoms with van der Waals surface area (Å²) in [7, 11) is -16.9. The zero-order valence-corrected chi connectivity index (χ0v) is 15.0. The van der Waals surface area contributed by atoms with Crippen LogP contribution in [0.15, 0.2) is 0 Å². The molecule has 0 aromatic rings. The summed E-state index contributed by atoms with van der Waals surface area (Å²) in [6, 6.07) is 0. The zero-order valence-electron chi connectivity index (χ0n) is 8.68. The second kappa shape index (κ2) is 11.3. The fraction of sp³-hybridized carbons (Fsp3) is 0. The molecular weight excluding hydrogens is 377 g/mol. The largest absolute Gasteiger partial charge is 2.00 e. The Morgan fingerprint density at radius 1 is 0.947 bits per heavy atom. The first-order chi connectivity index (χ1) is 7.15. The van der Waals surface area contributed by atoms with Crippen molar-refractivity contribution >= 4 is 90.4 Å². The van der Waals surface area contributed by atoms with Crippen molar-refractivity contribution in [1.82, 2.24) is 0 Å². The van der Waals surface area contributed by atoms with Gasteiger partial charge in [-0.05, 0) is 6.16 Å². The molecule has 0 saturated heterocycles. The Morgan fingerprint density at radius 3 is 1.37 bits per heavy atom. The second-order valence-corrected chi connectivity index (χ2v) is 5.94. The summed E-state index contributed by atoms with van der Waals surface area (Å²) in [5, 5.41) is 16.7. The van der Waals surface area contributed by atoms with E-state index in [0.29, 0.717) is 0 Å². The molecule has 0 bridgehead atoms. The quantitative estimate of drug-likeness (QED) is 0.305. The van der Waals surface area contributed by atoms with E-state index in [9.17, 15) is 23.5 Å². The van der Waals surface area contributed by atoms with Gasteiger partial charge in [-0.3, -0.25) is 4.31 Å². The van der Waals surface area contributed by atoms with E-state index in [2.05, 4.69) is 8.62 Å². The summed E-state index contributed by atoms with van der Waals surface area (Å²) in [5.41, 5.74) is 0. The van der Waals surface area contributed by atoms with Crippen LogP contribution in [0.4, 0.5) is 4.79 Å². The molecule has 0 heterocycles. The number of carbonyl (C=O) groups excluding carboxylic acids is 1. The molecule has 0 aromatic heterocycles. The Balaban J connectivity index is -0.000000165.